The average molecular weight is 449 g/mol. The minimum Gasteiger partial charge on any atom is -0.493 e. The highest BCUT2D eigenvalue weighted by Gasteiger charge is 2.06. The highest BCUT2D eigenvalue weighted by atomic mass is 127. The minimum absolute atomic E-state index is 0. The lowest BCUT2D eigenvalue weighted by molar-refractivity contribution is 0.354. The Morgan fingerprint density at radius 2 is 1.75 bits per heavy atom. The molecule has 0 aliphatic rings. The van der Waals surface area contributed by atoms with Crippen molar-refractivity contribution in [3.05, 3.63) is 23.8 Å². The first-order chi connectivity index (χ1) is 11.2. The van der Waals surface area contributed by atoms with Crippen molar-refractivity contribution < 1.29 is 9.47 Å². The molecule has 0 heterocycles. The van der Waals surface area contributed by atoms with Crippen LogP contribution >= 0.6 is 24.0 Å². The number of hydrogen-bond donors (Lipinski definition) is 2. The Labute approximate surface area is 163 Å². The second-order valence-corrected chi connectivity index (χ2v) is 5.50. The van der Waals surface area contributed by atoms with E-state index in [0.29, 0.717) is 5.92 Å². The average Bonchev–Trinajstić information content (AvgIpc) is 2.60. The maximum Gasteiger partial charge on any atom is 0.190 e. The Kier molecular flexibility index (Phi) is 12.5. The van der Waals surface area contributed by atoms with Crippen LogP contribution in [0.25, 0.3) is 0 Å². The van der Waals surface area contributed by atoms with Crippen molar-refractivity contribution in [1.82, 2.24) is 10.6 Å². The molecule has 1 rings (SSSR count). The third-order valence-corrected chi connectivity index (χ3v) is 4.09. The number of rotatable bonds is 9. The molecule has 6 heteroatoms. The van der Waals surface area contributed by atoms with Gasteiger partial charge in [0.2, 0.25) is 0 Å². The zero-order valence-electron chi connectivity index (χ0n) is 15.5. The number of aliphatic imine (C=N–C) groups is 1. The van der Waals surface area contributed by atoms with Crippen LogP contribution in [0.1, 0.15) is 32.3 Å². The maximum absolute atomic E-state index is 5.33. The molecular weight excluding hydrogens is 417 g/mol. The third kappa shape index (κ3) is 7.59. The molecule has 0 atom stereocenters. The second-order valence-electron chi connectivity index (χ2n) is 5.50. The molecule has 1 aromatic carbocycles. The van der Waals surface area contributed by atoms with Crippen LogP contribution in [0.15, 0.2) is 23.2 Å². The van der Waals surface area contributed by atoms with Gasteiger partial charge in [0.05, 0.1) is 14.2 Å². The third-order valence-electron chi connectivity index (χ3n) is 4.09. The summed E-state index contributed by atoms with van der Waals surface area (Å²) in [5.74, 6) is 3.07. The van der Waals surface area contributed by atoms with Crippen molar-refractivity contribution in [1.29, 1.82) is 0 Å². The van der Waals surface area contributed by atoms with E-state index in [9.17, 15) is 0 Å². The van der Waals surface area contributed by atoms with Gasteiger partial charge in [-0.1, -0.05) is 32.8 Å². The van der Waals surface area contributed by atoms with Crippen LogP contribution in [0.5, 0.6) is 11.5 Å². The molecule has 1 aromatic rings. The van der Waals surface area contributed by atoms with Gasteiger partial charge in [0.15, 0.2) is 17.5 Å². The number of ether oxygens (including phenoxy) is 2. The fraction of sp³-hybridized carbons (Fsp3) is 0.611. The number of benzene rings is 1. The number of methoxy groups -OCH3 is 2. The van der Waals surface area contributed by atoms with E-state index in [4.69, 9.17) is 9.47 Å². The Hall–Kier alpha value is -1.18. The van der Waals surface area contributed by atoms with Crippen LogP contribution in [0.4, 0.5) is 0 Å². The van der Waals surface area contributed by atoms with Crippen molar-refractivity contribution in [2.24, 2.45) is 10.9 Å². The molecule has 0 unspecified atom stereocenters. The molecule has 0 saturated carbocycles. The van der Waals surface area contributed by atoms with Gasteiger partial charge in [-0.05, 0) is 30.0 Å². The highest BCUT2D eigenvalue weighted by Crippen LogP contribution is 2.27. The van der Waals surface area contributed by atoms with Crippen molar-refractivity contribution in [2.75, 3.05) is 34.4 Å². The van der Waals surface area contributed by atoms with Crippen molar-refractivity contribution >= 4 is 29.9 Å². The summed E-state index contributed by atoms with van der Waals surface area (Å²) in [5.41, 5.74) is 1.20. The highest BCUT2D eigenvalue weighted by molar-refractivity contribution is 14.0. The molecule has 0 aliphatic carbocycles. The summed E-state index contributed by atoms with van der Waals surface area (Å²) in [4.78, 5) is 4.27. The zero-order valence-corrected chi connectivity index (χ0v) is 17.8. The fourth-order valence-electron chi connectivity index (χ4n) is 2.40. The van der Waals surface area contributed by atoms with Gasteiger partial charge in [-0.15, -0.1) is 24.0 Å². The predicted molar refractivity (Wildman–Crippen MR) is 112 cm³/mol. The summed E-state index contributed by atoms with van der Waals surface area (Å²) in [6.07, 6.45) is 3.27. The summed E-state index contributed by atoms with van der Waals surface area (Å²) < 4.78 is 10.6. The molecule has 138 valence electrons. The zero-order chi connectivity index (χ0) is 17.1. The lowest BCUT2D eigenvalue weighted by Gasteiger charge is -2.17. The second kappa shape index (κ2) is 13.1. The van der Waals surface area contributed by atoms with Gasteiger partial charge in [0.25, 0.3) is 0 Å². The molecule has 0 aromatic heterocycles. The normalized spacial score (nSPS) is 11.0. The van der Waals surface area contributed by atoms with E-state index in [1.54, 1.807) is 21.3 Å². The first-order valence-corrected chi connectivity index (χ1v) is 8.33. The van der Waals surface area contributed by atoms with E-state index in [1.807, 2.05) is 12.1 Å². The van der Waals surface area contributed by atoms with Gasteiger partial charge in [-0.2, -0.15) is 0 Å². The molecule has 0 amide bonds. The molecule has 2 N–H and O–H groups in total. The molecule has 24 heavy (non-hydrogen) atoms. The van der Waals surface area contributed by atoms with Gasteiger partial charge in [0.1, 0.15) is 0 Å². The Balaban J connectivity index is 0.00000529. The van der Waals surface area contributed by atoms with Crippen LogP contribution in [-0.2, 0) is 6.42 Å². The molecule has 5 nitrogen and oxygen atoms in total. The SMILES string of the molecule is CCC(CC)CNC(=NC)NCCc1ccc(OC)c(OC)c1.I. The summed E-state index contributed by atoms with van der Waals surface area (Å²) >= 11 is 0. The predicted octanol–water partition coefficient (Wildman–Crippen LogP) is 3.47. The summed E-state index contributed by atoms with van der Waals surface area (Å²) in [7, 11) is 5.11. The summed E-state index contributed by atoms with van der Waals surface area (Å²) in [6.45, 7) is 6.23. The molecule has 0 radical (unpaired) electrons. The van der Waals surface area contributed by atoms with Crippen molar-refractivity contribution in [3.8, 4) is 11.5 Å². The topological polar surface area (TPSA) is 54.9 Å². The van der Waals surface area contributed by atoms with E-state index in [2.05, 4.69) is 35.5 Å². The van der Waals surface area contributed by atoms with Crippen molar-refractivity contribution in [3.63, 3.8) is 0 Å². The van der Waals surface area contributed by atoms with Crippen molar-refractivity contribution in [2.45, 2.75) is 33.1 Å². The first kappa shape index (κ1) is 22.8. The minimum atomic E-state index is 0. The molecular formula is C18H32IN3O2. The summed E-state index contributed by atoms with van der Waals surface area (Å²) in [5, 5.41) is 6.75. The monoisotopic (exact) mass is 449 g/mol. The van der Waals surface area contributed by atoms with Crippen LogP contribution < -0.4 is 20.1 Å². The van der Waals surface area contributed by atoms with Crippen LogP contribution in [0.2, 0.25) is 0 Å². The molecule has 0 bridgehead atoms. The summed E-state index contributed by atoms with van der Waals surface area (Å²) in [6, 6.07) is 6.01. The van der Waals surface area contributed by atoms with Crippen LogP contribution in [0.3, 0.4) is 0 Å². The Morgan fingerprint density at radius 3 is 2.29 bits per heavy atom. The maximum atomic E-state index is 5.33. The fourth-order valence-corrected chi connectivity index (χ4v) is 2.40. The van der Waals surface area contributed by atoms with Gasteiger partial charge in [-0.25, -0.2) is 0 Å². The number of halogens is 1. The number of nitrogens with zero attached hydrogens (tertiary/aromatic N) is 1. The van der Waals surface area contributed by atoms with E-state index in [1.165, 1.54) is 18.4 Å². The number of hydrogen-bond acceptors (Lipinski definition) is 3. The lowest BCUT2D eigenvalue weighted by atomic mass is 10.0. The van der Waals surface area contributed by atoms with Gasteiger partial charge in [-0.3, -0.25) is 4.99 Å². The van der Waals surface area contributed by atoms with Gasteiger partial charge >= 0.3 is 0 Å². The smallest absolute Gasteiger partial charge is 0.190 e. The van der Waals surface area contributed by atoms with Crippen LogP contribution in [-0.4, -0.2) is 40.3 Å². The van der Waals surface area contributed by atoms with E-state index >= 15 is 0 Å². The Bertz CT molecular complexity index is 491. The largest absolute Gasteiger partial charge is 0.493 e. The molecule has 0 saturated heterocycles. The number of guanidine groups is 1. The Morgan fingerprint density at radius 1 is 1.08 bits per heavy atom. The van der Waals surface area contributed by atoms with Crippen LogP contribution in [0, 0.1) is 5.92 Å². The van der Waals surface area contributed by atoms with E-state index < -0.39 is 0 Å². The van der Waals surface area contributed by atoms with E-state index in [-0.39, 0.29) is 24.0 Å². The van der Waals surface area contributed by atoms with Gasteiger partial charge in [0, 0.05) is 20.1 Å². The lowest BCUT2D eigenvalue weighted by Crippen LogP contribution is -2.40. The van der Waals surface area contributed by atoms with E-state index in [0.717, 1.165) is 37.0 Å². The quantitative estimate of drug-likeness (QED) is 0.345. The standard InChI is InChI=1S/C18H31N3O2.HI/c1-6-14(7-2)13-21-18(19-3)20-11-10-15-8-9-16(22-4)17(12-15)23-5;/h8-9,12,14H,6-7,10-11,13H2,1-5H3,(H2,19,20,21);1H. The first-order valence-electron chi connectivity index (χ1n) is 8.33. The molecule has 0 spiro atoms. The number of nitrogens with one attached hydrogen (secondary N) is 2. The molecule has 0 fully saturated rings. The molecule has 0 aliphatic heterocycles. The van der Waals surface area contributed by atoms with Gasteiger partial charge < -0.3 is 20.1 Å².